The number of hydrogen-bond acceptors (Lipinski definition) is 2. The first-order valence-electron chi connectivity index (χ1n) is 4.45. The summed E-state index contributed by atoms with van der Waals surface area (Å²) in [5, 5.41) is 4.27. The maximum atomic E-state index is 4.27. The highest BCUT2D eigenvalue weighted by Gasteiger charge is 1.91. The third-order valence-electron chi connectivity index (χ3n) is 1.93. The van der Waals surface area contributed by atoms with Gasteiger partial charge in [0.2, 0.25) is 0 Å². The van der Waals surface area contributed by atoms with E-state index in [1.807, 2.05) is 49.7 Å². The van der Waals surface area contributed by atoms with Gasteiger partial charge in [-0.2, -0.15) is 5.10 Å². The summed E-state index contributed by atoms with van der Waals surface area (Å²) in [6.45, 7) is 1.92. The molecule has 0 spiro atoms. The summed E-state index contributed by atoms with van der Waals surface area (Å²) in [7, 11) is 0. The van der Waals surface area contributed by atoms with E-state index < -0.39 is 0 Å². The van der Waals surface area contributed by atoms with E-state index in [2.05, 4.69) is 10.1 Å². The van der Waals surface area contributed by atoms with Gasteiger partial charge >= 0.3 is 0 Å². The van der Waals surface area contributed by atoms with E-state index >= 15 is 0 Å². The topological polar surface area (TPSA) is 30.2 Å². The highest BCUT2D eigenvalue weighted by Crippen LogP contribution is 1.97. The zero-order chi connectivity index (χ0) is 9.80. The lowest BCUT2D eigenvalue weighted by Crippen LogP contribution is -1.91. The molecule has 1 heterocycles. The number of aryl methyl sites for hydroxylation is 1. The van der Waals surface area contributed by atoms with Crippen molar-refractivity contribution < 1.29 is 0 Å². The van der Waals surface area contributed by atoms with Crippen molar-refractivity contribution in [3.8, 4) is 0 Å². The third kappa shape index (κ3) is 1.88. The fourth-order valence-electron chi connectivity index (χ4n) is 1.16. The zero-order valence-electron chi connectivity index (χ0n) is 7.96. The Labute approximate surface area is 82.7 Å². The van der Waals surface area contributed by atoms with E-state index in [1.54, 1.807) is 10.9 Å². The SMILES string of the molecule is Cc1nccn1/N=C/c1ccccc1. The number of benzene rings is 1. The molecule has 14 heavy (non-hydrogen) atoms. The maximum Gasteiger partial charge on any atom is 0.126 e. The summed E-state index contributed by atoms with van der Waals surface area (Å²) in [5.41, 5.74) is 1.08. The van der Waals surface area contributed by atoms with E-state index in [9.17, 15) is 0 Å². The average Bonchev–Trinajstić information content (AvgIpc) is 2.63. The van der Waals surface area contributed by atoms with Gasteiger partial charge in [-0.05, 0) is 12.5 Å². The summed E-state index contributed by atoms with van der Waals surface area (Å²) in [6.07, 6.45) is 5.38. The Kier molecular flexibility index (Phi) is 2.40. The molecule has 0 amide bonds. The van der Waals surface area contributed by atoms with Gasteiger partial charge in [0.1, 0.15) is 5.82 Å². The monoisotopic (exact) mass is 185 g/mol. The Bertz CT molecular complexity index is 429. The van der Waals surface area contributed by atoms with Crippen LogP contribution in [0.3, 0.4) is 0 Å². The summed E-state index contributed by atoms with van der Waals surface area (Å²) < 4.78 is 1.74. The summed E-state index contributed by atoms with van der Waals surface area (Å²) >= 11 is 0. The quantitative estimate of drug-likeness (QED) is 0.659. The molecule has 0 aliphatic carbocycles. The first-order chi connectivity index (χ1) is 6.86. The van der Waals surface area contributed by atoms with Crippen molar-refractivity contribution in [1.29, 1.82) is 0 Å². The first-order valence-corrected chi connectivity index (χ1v) is 4.45. The van der Waals surface area contributed by atoms with Crippen LogP contribution in [0.25, 0.3) is 0 Å². The molecule has 0 N–H and O–H groups in total. The van der Waals surface area contributed by atoms with Gasteiger partial charge in [0.15, 0.2) is 0 Å². The van der Waals surface area contributed by atoms with Gasteiger partial charge in [-0.1, -0.05) is 30.3 Å². The van der Waals surface area contributed by atoms with Crippen molar-refractivity contribution in [3.63, 3.8) is 0 Å². The lowest BCUT2D eigenvalue weighted by atomic mass is 10.2. The molecule has 0 saturated carbocycles. The van der Waals surface area contributed by atoms with Gasteiger partial charge in [-0.3, -0.25) is 0 Å². The molecule has 0 fully saturated rings. The molecular formula is C11H11N3. The second-order valence-corrected chi connectivity index (χ2v) is 2.97. The Balaban J connectivity index is 2.20. The maximum absolute atomic E-state index is 4.27. The predicted molar refractivity (Wildman–Crippen MR) is 56.4 cm³/mol. The molecule has 3 heteroatoms. The number of nitrogens with zero attached hydrogens (tertiary/aromatic N) is 3. The molecular weight excluding hydrogens is 174 g/mol. The minimum Gasteiger partial charge on any atom is -0.240 e. The van der Waals surface area contributed by atoms with Crippen LogP contribution in [0.4, 0.5) is 0 Å². The van der Waals surface area contributed by atoms with Crippen LogP contribution in [-0.2, 0) is 0 Å². The second kappa shape index (κ2) is 3.87. The molecule has 0 aliphatic heterocycles. The van der Waals surface area contributed by atoms with Crippen molar-refractivity contribution in [3.05, 3.63) is 54.1 Å². The number of imidazole rings is 1. The molecule has 1 aromatic carbocycles. The minimum absolute atomic E-state index is 0.886. The Morgan fingerprint density at radius 3 is 2.71 bits per heavy atom. The van der Waals surface area contributed by atoms with Crippen LogP contribution >= 0.6 is 0 Å². The lowest BCUT2D eigenvalue weighted by molar-refractivity contribution is 0.832. The molecule has 70 valence electrons. The van der Waals surface area contributed by atoms with Crippen LogP contribution in [0.15, 0.2) is 47.8 Å². The predicted octanol–water partition coefficient (Wildman–Crippen LogP) is 2.07. The van der Waals surface area contributed by atoms with Crippen molar-refractivity contribution in [2.75, 3.05) is 0 Å². The van der Waals surface area contributed by atoms with Crippen LogP contribution in [0.1, 0.15) is 11.4 Å². The highest BCUT2D eigenvalue weighted by atomic mass is 15.4. The second-order valence-electron chi connectivity index (χ2n) is 2.97. The van der Waals surface area contributed by atoms with Gasteiger partial charge in [-0.25, -0.2) is 9.66 Å². The van der Waals surface area contributed by atoms with E-state index in [0.29, 0.717) is 0 Å². The number of rotatable bonds is 2. The van der Waals surface area contributed by atoms with Gasteiger partial charge < -0.3 is 0 Å². The molecule has 1 aromatic heterocycles. The van der Waals surface area contributed by atoms with E-state index in [-0.39, 0.29) is 0 Å². The van der Waals surface area contributed by atoms with Crippen molar-refractivity contribution in [2.24, 2.45) is 5.10 Å². The fourth-order valence-corrected chi connectivity index (χ4v) is 1.16. The van der Waals surface area contributed by atoms with Gasteiger partial charge in [0.25, 0.3) is 0 Å². The highest BCUT2D eigenvalue weighted by molar-refractivity contribution is 5.79. The van der Waals surface area contributed by atoms with Crippen LogP contribution in [0.2, 0.25) is 0 Å². The van der Waals surface area contributed by atoms with Crippen LogP contribution in [0, 0.1) is 6.92 Å². The molecule has 2 rings (SSSR count). The molecule has 3 nitrogen and oxygen atoms in total. The van der Waals surface area contributed by atoms with Crippen LogP contribution in [-0.4, -0.2) is 15.9 Å². The number of aromatic nitrogens is 2. The molecule has 0 bridgehead atoms. The largest absolute Gasteiger partial charge is 0.240 e. The van der Waals surface area contributed by atoms with Gasteiger partial charge in [-0.15, -0.1) is 0 Å². The first kappa shape index (κ1) is 8.69. The Hall–Kier alpha value is -1.90. The molecule has 2 aromatic rings. The normalized spacial score (nSPS) is 10.9. The van der Waals surface area contributed by atoms with Gasteiger partial charge in [0.05, 0.1) is 6.21 Å². The van der Waals surface area contributed by atoms with E-state index in [4.69, 9.17) is 0 Å². The summed E-state index contributed by atoms with van der Waals surface area (Å²) in [4.78, 5) is 4.08. The summed E-state index contributed by atoms with van der Waals surface area (Å²) in [6, 6.07) is 9.98. The Morgan fingerprint density at radius 2 is 2.07 bits per heavy atom. The zero-order valence-corrected chi connectivity index (χ0v) is 7.96. The third-order valence-corrected chi connectivity index (χ3v) is 1.93. The van der Waals surface area contributed by atoms with Crippen molar-refractivity contribution in [2.45, 2.75) is 6.92 Å². The fraction of sp³-hybridized carbons (Fsp3) is 0.0909. The standard InChI is InChI=1S/C11H11N3/c1-10-12-7-8-14(10)13-9-11-5-3-2-4-6-11/h2-9H,1H3/b13-9+. The number of hydrogen-bond donors (Lipinski definition) is 0. The molecule has 0 radical (unpaired) electrons. The molecule has 0 aliphatic rings. The smallest absolute Gasteiger partial charge is 0.126 e. The molecule has 0 atom stereocenters. The minimum atomic E-state index is 0.886. The van der Waals surface area contributed by atoms with E-state index in [1.165, 1.54) is 0 Å². The van der Waals surface area contributed by atoms with Crippen molar-refractivity contribution in [1.82, 2.24) is 9.66 Å². The van der Waals surface area contributed by atoms with Crippen LogP contribution in [0.5, 0.6) is 0 Å². The van der Waals surface area contributed by atoms with E-state index in [0.717, 1.165) is 11.4 Å². The lowest BCUT2D eigenvalue weighted by Gasteiger charge is -1.94. The van der Waals surface area contributed by atoms with Crippen molar-refractivity contribution >= 4 is 6.21 Å². The van der Waals surface area contributed by atoms with Crippen LogP contribution < -0.4 is 0 Å². The summed E-state index contributed by atoms with van der Waals surface area (Å²) in [5.74, 6) is 0.886. The Morgan fingerprint density at radius 1 is 1.29 bits per heavy atom. The average molecular weight is 185 g/mol. The molecule has 0 saturated heterocycles. The van der Waals surface area contributed by atoms with Gasteiger partial charge in [0, 0.05) is 12.4 Å². The molecule has 0 unspecified atom stereocenters.